The summed E-state index contributed by atoms with van der Waals surface area (Å²) in [5.74, 6) is 0.0106. The molecule has 0 bridgehead atoms. The van der Waals surface area contributed by atoms with Gasteiger partial charge in [0, 0.05) is 12.6 Å². The van der Waals surface area contributed by atoms with Crippen LogP contribution in [0.4, 0.5) is 0 Å². The van der Waals surface area contributed by atoms with E-state index in [2.05, 4.69) is 10.2 Å². The summed E-state index contributed by atoms with van der Waals surface area (Å²) in [5, 5.41) is 2.91. The molecule has 0 aromatic carbocycles. The van der Waals surface area contributed by atoms with E-state index in [1.54, 1.807) is 12.2 Å². The summed E-state index contributed by atoms with van der Waals surface area (Å²) in [6, 6.07) is 0. The van der Waals surface area contributed by atoms with Crippen molar-refractivity contribution in [3.8, 4) is 0 Å². The number of carbonyl (C=O) groups is 1. The molecule has 1 fully saturated rings. The van der Waals surface area contributed by atoms with Gasteiger partial charge in [-0.2, -0.15) is 0 Å². The second kappa shape index (κ2) is 11.7. The van der Waals surface area contributed by atoms with Gasteiger partial charge in [-0.3, -0.25) is 4.79 Å². The first-order chi connectivity index (χ1) is 9.83. The zero-order chi connectivity index (χ0) is 14.5. The van der Waals surface area contributed by atoms with Gasteiger partial charge in [0.25, 0.3) is 0 Å². The molecule has 1 aliphatic rings. The number of piperidine rings is 1. The third kappa shape index (κ3) is 8.92. The Labute approximate surface area is 124 Å². The summed E-state index contributed by atoms with van der Waals surface area (Å²) in [6.07, 6.45) is 16.2. The lowest BCUT2D eigenvalue weighted by Gasteiger charge is -2.26. The van der Waals surface area contributed by atoms with Crippen molar-refractivity contribution in [1.82, 2.24) is 10.2 Å². The number of amides is 1. The van der Waals surface area contributed by atoms with E-state index in [0.29, 0.717) is 0 Å². The predicted molar refractivity (Wildman–Crippen MR) is 85.7 cm³/mol. The van der Waals surface area contributed by atoms with Crippen molar-refractivity contribution < 1.29 is 4.79 Å². The van der Waals surface area contributed by atoms with Gasteiger partial charge in [0.2, 0.25) is 5.91 Å². The van der Waals surface area contributed by atoms with Crippen LogP contribution in [0.1, 0.15) is 51.9 Å². The number of likely N-dealkylation sites (tertiary alicyclic amines) is 1. The van der Waals surface area contributed by atoms with Crippen LogP contribution in [0, 0.1) is 0 Å². The Hall–Kier alpha value is -1.09. The second-order valence-electron chi connectivity index (χ2n) is 5.49. The Bertz CT molecular complexity index is 304. The fourth-order valence-corrected chi connectivity index (χ4v) is 2.52. The van der Waals surface area contributed by atoms with Crippen molar-refractivity contribution in [2.75, 3.05) is 26.2 Å². The monoisotopic (exact) mass is 278 g/mol. The van der Waals surface area contributed by atoms with E-state index >= 15 is 0 Å². The van der Waals surface area contributed by atoms with Crippen LogP contribution in [-0.4, -0.2) is 37.0 Å². The molecule has 114 valence electrons. The molecule has 1 amide bonds. The Morgan fingerprint density at radius 1 is 1.05 bits per heavy atom. The third-order valence-corrected chi connectivity index (χ3v) is 3.70. The number of allylic oxidation sites excluding steroid dienone is 3. The molecule has 0 radical (unpaired) electrons. The van der Waals surface area contributed by atoms with Gasteiger partial charge in [0.1, 0.15) is 0 Å². The average molecular weight is 278 g/mol. The Morgan fingerprint density at radius 2 is 1.80 bits per heavy atom. The van der Waals surface area contributed by atoms with Crippen molar-refractivity contribution >= 4 is 5.91 Å². The van der Waals surface area contributed by atoms with Crippen LogP contribution in [-0.2, 0) is 4.79 Å². The summed E-state index contributed by atoms with van der Waals surface area (Å²) in [5.41, 5.74) is 0. The molecule has 3 nitrogen and oxygen atoms in total. The quantitative estimate of drug-likeness (QED) is 0.399. The normalized spacial score (nSPS) is 17.1. The number of hydrogen-bond donors (Lipinski definition) is 1. The lowest BCUT2D eigenvalue weighted by molar-refractivity contribution is -0.116. The Balaban J connectivity index is 1.88. The van der Waals surface area contributed by atoms with Gasteiger partial charge in [-0.25, -0.2) is 0 Å². The van der Waals surface area contributed by atoms with Crippen molar-refractivity contribution in [1.29, 1.82) is 0 Å². The van der Waals surface area contributed by atoms with Crippen molar-refractivity contribution in [2.24, 2.45) is 0 Å². The first-order valence-electron chi connectivity index (χ1n) is 8.12. The largest absolute Gasteiger partial charge is 0.353 e. The smallest absolute Gasteiger partial charge is 0.243 e. The van der Waals surface area contributed by atoms with Crippen molar-refractivity contribution in [3.05, 3.63) is 24.3 Å². The maximum absolute atomic E-state index is 11.4. The standard InChI is InChI=1S/C17H30N2O/c1-2-3-7-12-17(20)18-13-8-4-5-9-14-19-15-10-6-11-16-19/h2-3,7,12H,4-6,8-11,13-16H2,1H3,(H,18,20)/b3-2+,12-7+. The number of nitrogens with one attached hydrogen (secondary N) is 1. The van der Waals surface area contributed by atoms with Crippen LogP contribution in [0.25, 0.3) is 0 Å². The SMILES string of the molecule is C/C=C/C=C/C(=O)NCCCCCCN1CCCCC1. The minimum absolute atomic E-state index is 0.0106. The third-order valence-electron chi connectivity index (χ3n) is 3.70. The van der Waals surface area contributed by atoms with E-state index in [-0.39, 0.29) is 5.91 Å². The molecular weight excluding hydrogens is 248 g/mol. The summed E-state index contributed by atoms with van der Waals surface area (Å²) in [6.45, 7) is 6.59. The van der Waals surface area contributed by atoms with Gasteiger partial charge in [-0.1, -0.05) is 37.5 Å². The van der Waals surface area contributed by atoms with Crippen LogP contribution >= 0.6 is 0 Å². The molecule has 1 N–H and O–H groups in total. The van der Waals surface area contributed by atoms with Gasteiger partial charge in [-0.15, -0.1) is 0 Å². The molecule has 1 aliphatic heterocycles. The van der Waals surface area contributed by atoms with Crippen LogP contribution in [0.5, 0.6) is 0 Å². The highest BCUT2D eigenvalue weighted by Crippen LogP contribution is 2.10. The fourth-order valence-electron chi connectivity index (χ4n) is 2.52. The highest BCUT2D eigenvalue weighted by molar-refractivity contribution is 5.87. The van der Waals surface area contributed by atoms with Crippen LogP contribution in [0.15, 0.2) is 24.3 Å². The van der Waals surface area contributed by atoms with Crippen molar-refractivity contribution in [3.63, 3.8) is 0 Å². The maximum Gasteiger partial charge on any atom is 0.243 e. The van der Waals surface area contributed by atoms with Crippen LogP contribution in [0.3, 0.4) is 0 Å². The van der Waals surface area contributed by atoms with E-state index in [1.165, 1.54) is 58.2 Å². The Morgan fingerprint density at radius 3 is 2.55 bits per heavy atom. The van der Waals surface area contributed by atoms with E-state index in [9.17, 15) is 4.79 Å². The number of hydrogen-bond acceptors (Lipinski definition) is 2. The average Bonchev–Trinajstić information content (AvgIpc) is 2.47. The topological polar surface area (TPSA) is 32.3 Å². The lowest BCUT2D eigenvalue weighted by Crippen LogP contribution is -2.30. The summed E-state index contributed by atoms with van der Waals surface area (Å²) in [4.78, 5) is 14.0. The highest BCUT2D eigenvalue weighted by atomic mass is 16.1. The second-order valence-corrected chi connectivity index (χ2v) is 5.49. The zero-order valence-corrected chi connectivity index (χ0v) is 12.9. The van der Waals surface area contributed by atoms with Gasteiger partial charge in [0.15, 0.2) is 0 Å². The number of nitrogens with zero attached hydrogens (tertiary/aromatic N) is 1. The lowest BCUT2D eigenvalue weighted by atomic mass is 10.1. The molecule has 0 aliphatic carbocycles. The minimum Gasteiger partial charge on any atom is -0.353 e. The molecule has 3 heteroatoms. The summed E-state index contributed by atoms with van der Waals surface area (Å²) < 4.78 is 0. The maximum atomic E-state index is 11.4. The van der Waals surface area contributed by atoms with Gasteiger partial charge in [0.05, 0.1) is 0 Å². The summed E-state index contributed by atoms with van der Waals surface area (Å²) >= 11 is 0. The van der Waals surface area contributed by atoms with Crippen molar-refractivity contribution in [2.45, 2.75) is 51.9 Å². The molecular formula is C17H30N2O. The van der Waals surface area contributed by atoms with E-state index in [1.807, 2.05) is 19.1 Å². The van der Waals surface area contributed by atoms with Gasteiger partial charge >= 0.3 is 0 Å². The van der Waals surface area contributed by atoms with Crippen LogP contribution in [0.2, 0.25) is 0 Å². The fraction of sp³-hybridized carbons (Fsp3) is 0.706. The molecule has 0 saturated carbocycles. The molecule has 0 aromatic heterocycles. The summed E-state index contributed by atoms with van der Waals surface area (Å²) in [7, 11) is 0. The predicted octanol–water partition coefficient (Wildman–Crippen LogP) is 3.28. The molecule has 0 spiro atoms. The molecule has 20 heavy (non-hydrogen) atoms. The first-order valence-corrected chi connectivity index (χ1v) is 8.12. The molecule has 0 atom stereocenters. The molecule has 1 heterocycles. The van der Waals surface area contributed by atoms with E-state index in [0.717, 1.165) is 13.0 Å². The highest BCUT2D eigenvalue weighted by Gasteiger charge is 2.08. The van der Waals surface area contributed by atoms with Crippen LogP contribution < -0.4 is 5.32 Å². The van der Waals surface area contributed by atoms with Gasteiger partial charge in [-0.05, 0) is 52.2 Å². The molecule has 1 rings (SSSR count). The molecule has 1 saturated heterocycles. The minimum atomic E-state index is 0.0106. The number of rotatable bonds is 9. The Kier molecular flexibility index (Phi) is 9.93. The van der Waals surface area contributed by atoms with E-state index < -0.39 is 0 Å². The number of carbonyl (C=O) groups excluding carboxylic acids is 1. The molecule has 0 unspecified atom stereocenters. The first kappa shape index (κ1) is 17.0. The zero-order valence-electron chi connectivity index (χ0n) is 12.9. The van der Waals surface area contributed by atoms with E-state index in [4.69, 9.17) is 0 Å². The van der Waals surface area contributed by atoms with Gasteiger partial charge < -0.3 is 10.2 Å². The number of unbranched alkanes of at least 4 members (excludes halogenated alkanes) is 3. The molecule has 0 aromatic rings.